The van der Waals surface area contributed by atoms with Crippen LogP contribution in [-0.4, -0.2) is 22.0 Å². The molecule has 0 atom stereocenters. The number of hydrogen-bond donors (Lipinski definition) is 2. The molecule has 0 bridgehead atoms. The van der Waals surface area contributed by atoms with Gasteiger partial charge in [-0.05, 0) is 36.4 Å². The lowest BCUT2D eigenvalue weighted by Crippen LogP contribution is -2.34. The van der Waals surface area contributed by atoms with E-state index in [9.17, 15) is 9.59 Å². The number of hydrogen-bond acceptors (Lipinski definition) is 6. The second kappa shape index (κ2) is 6.78. The van der Waals surface area contributed by atoms with Crippen LogP contribution in [0.5, 0.6) is 0 Å². The summed E-state index contributed by atoms with van der Waals surface area (Å²) >= 11 is 0. The van der Waals surface area contributed by atoms with Crippen LogP contribution >= 0.6 is 0 Å². The van der Waals surface area contributed by atoms with E-state index in [4.69, 9.17) is 8.83 Å². The van der Waals surface area contributed by atoms with Gasteiger partial charge >= 0.3 is 11.8 Å². The minimum absolute atomic E-state index is 0.148. The lowest BCUT2D eigenvalue weighted by molar-refractivity contribution is -0.136. The van der Waals surface area contributed by atoms with Crippen molar-refractivity contribution in [2.75, 3.05) is 5.32 Å². The van der Waals surface area contributed by atoms with E-state index in [0.29, 0.717) is 23.2 Å². The highest BCUT2D eigenvalue weighted by atomic mass is 16.4. The van der Waals surface area contributed by atoms with Crippen LogP contribution in [0.2, 0.25) is 0 Å². The third-order valence-corrected chi connectivity index (χ3v) is 3.13. The predicted molar refractivity (Wildman–Crippen MR) is 83.7 cm³/mol. The first-order chi connectivity index (χ1) is 11.6. The summed E-state index contributed by atoms with van der Waals surface area (Å²) in [7, 11) is 0. The molecule has 122 valence electrons. The number of rotatable bonds is 4. The van der Waals surface area contributed by atoms with Gasteiger partial charge < -0.3 is 19.5 Å². The Kier molecular flexibility index (Phi) is 4.37. The fourth-order valence-electron chi connectivity index (χ4n) is 1.96. The Bertz CT molecular complexity index is 837. The number of aromatic nitrogens is 2. The summed E-state index contributed by atoms with van der Waals surface area (Å²) in [5, 5.41) is 12.6. The second-order valence-electron chi connectivity index (χ2n) is 4.92. The van der Waals surface area contributed by atoms with E-state index in [1.54, 1.807) is 43.3 Å². The number of amides is 2. The highest BCUT2D eigenvalue weighted by molar-refractivity contribution is 6.39. The monoisotopic (exact) mass is 326 g/mol. The van der Waals surface area contributed by atoms with Crippen molar-refractivity contribution >= 4 is 17.5 Å². The van der Waals surface area contributed by atoms with E-state index >= 15 is 0 Å². The van der Waals surface area contributed by atoms with Crippen molar-refractivity contribution < 1.29 is 18.4 Å². The van der Waals surface area contributed by atoms with Gasteiger partial charge in [-0.3, -0.25) is 9.59 Å². The summed E-state index contributed by atoms with van der Waals surface area (Å²) in [6.07, 6.45) is 1.49. The molecule has 2 aromatic heterocycles. The lowest BCUT2D eigenvalue weighted by atomic mass is 10.2. The Morgan fingerprint density at radius 3 is 2.50 bits per heavy atom. The molecule has 0 saturated heterocycles. The third-order valence-electron chi connectivity index (χ3n) is 3.13. The number of carbonyl (C=O) groups is 2. The smallest absolute Gasteiger partial charge is 0.313 e. The van der Waals surface area contributed by atoms with Gasteiger partial charge in [0.25, 0.3) is 0 Å². The molecule has 0 aliphatic rings. The zero-order valence-corrected chi connectivity index (χ0v) is 12.8. The van der Waals surface area contributed by atoms with Gasteiger partial charge in [-0.15, -0.1) is 10.2 Å². The van der Waals surface area contributed by atoms with Crippen LogP contribution in [0.1, 0.15) is 11.7 Å². The largest absolute Gasteiger partial charge is 0.467 e. The Morgan fingerprint density at radius 2 is 1.88 bits per heavy atom. The zero-order chi connectivity index (χ0) is 16.9. The standard InChI is InChI=1S/C16H14N4O4/c1-10-19-20-16(24-10)11-4-6-12(7-5-11)18-15(22)14(21)17-9-13-3-2-8-23-13/h2-8H,9H2,1H3,(H,17,21)(H,18,22). The maximum absolute atomic E-state index is 11.8. The first-order valence-electron chi connectivity index (χ1n) is 7.14. The molecule has 2 amide bonds. The van der Waals surface area contributed by atoms with Crippen LogP contribution in [0, 0.1) is 6.92 Å². The molecule has 0 spiro atoms. The molecule has 1 aromatic carbocycles. The van der Waals surface area contributed by atoms with Gasteiger partial charge in [0.15, 0.2) is 0 Å². The van der Waals surface area contributed by atoms with Crippen molar-refractivity contribution in [3.8, 4) is 11.5 Å². The highest BCUT2D eigenvalue weighted by Crippen LogP contribution is 2.19. The molecule has 3 rings (SSSR count). The minimum atomic E-state index is -0.761. The SMILES string of the molecule is Cc1nnc(-c2ccc(NC(=O)C(=O)NCc3ccco3)cc2)o1. The summed E-state index contributed by atoms with van der Waals surface area (Å²) in [6.45, 7) is 1.85. The topological polar surface area (TPSA) is 110 Å². The van der Waals surface area contributed by atoms with E-state index in [-0.39, 0.29) is 6.54 Å². The van der Waals surface area contributed by atoms with Crippen LogP contribution in [0.4, 0.5) is 5.69 Å². The minimum Gasteiger partial charge on any atom is -0.467 e. The normalized spacial score (nSPS) is 10.4. The van der Waals surface area contributed by atoms with Gasteiger partial charge in [-0.1, -0.05) is 0 Å². The Balaban J connectivity index is 1.57. The van der Waals surface area contributed by atoms with Crippen LogP contribution in [0.3, 0.4) is 0 Å². The zero-order valence-electron chi connectivity index (χ0n) is 12.8. The van der Waals surface area contributed by atoms with E-state index in [1.807, 2.05) is 0 Å². The molecule has 8 nitrogen and oxygen atoms in total. The molecule has 2 heterocycles. The Morgan fingerprint density at radius 1 is 1.08 bits per heavy atom. The fourth-order valence-corrected chi connectivity index (χ4v) is 1.96. The highest BCUT2D eigenvalue weighted by Gasteiger charge is 2.14. The molecule has 3 aromatic rings. The average Bonchev–Trinajstić information content (AvgIpc) is 3.25. The molecule has 0 saturated carbocycles. The molecule has 0 radical (unpaired) electrons. The second-order valence-corrected chi connectivity index (χ2v) is 4.92. The predicted octanol–water partition coefficient (Wildman–Crippen LogP) is 1.89. The first kappa shape index (κ1) is 15.5. The van der Waals surface area contributed by atoms with E-state index in [0.717, 1.165) is 5.56 Å². The van der Waals surface area contributed by atoms with Gasteiger partial charge in [-0.25, -0.2) is 0 Å². The van der Waals surface area contributed by atoms with Gasteiger partial charge in [0, 0.05) is 18.2 Å². The maximum Gasteiger partial charge on any atom is 0.313 e. The third kappa shape index (κ3) is 3.67. The van der Waals surface area contributed by atoms with Crippen LogP contribution in [-0.2, 0) is 16.1 Å². The number of anilines is 1. The van der Waals surface area contributed by atoms with E-state index in [2.05, 4.69) is 20.8 Å². The average molecular weight is 326 g/mol. The van der Waals surface area contributed by atoms with Crippen molar-refractivity contribution in [1.82, 2.24) is 15.5 Å². The summed E-state index contributed by atoms with van der Waals surface area (Å²) in [4.78, 5) is 23.6. The van der Waals surface area contributed by atoms with E-state index in [1.165, 1.54) is 6.26 Å². The molecule has 0 fully saturated rings. The van der Waals surface area contributed by atoms with Crippen molar-refractivity contribution in [2.24, 2.45) is 0 Å². The van der Waals surface area contributed by atoms with Gasteiger partial charge in [0.1, 0.15) is 5.76 Å². The number of benzene rings is 1. The number of nitrogens with zero attached hydrogens (tertiary/aromatic N) is 2. The fraction of sp³-hybridized carbons (Fsp3) is 0.125. The number of nitrogens with one attached hydrogen (secondary N) is 2. The first-order valence-corrected chi connectivity index (χ1v) is 7.14. The number of furan rings is 1. The van der Waals surface area contributed by atoms with Crippen LogP contribution < -0.4 is 10.6 Å². The Hall–Kier alpha value is -3.42. The van der Waals surface area contributed by atoms with Crippen molar-refractivity contribution in [1.29, 1.82) is 0 Å². The van der Waals surface area contributed by atoms with Gasteiger partial charge in [0.05, 0.1) is 12.8 Å². The van der Waals surface area contributed by atoms with Crippen LogP contribution in [0.15, 0.2) is 51.5 Å². The molecule has 2 N–H and O–H groups in total. The molecular formula is C16H14N4O4. The lowest BCUT2D eigenvalue weighted by Gasteiger charge is -2.06. The summed E-state index contributed by atoms with van der Waals surface area (Å²) in [5.74, 6) is -0.0847. The van der Waals surface area contributed by atoms with Crippen molar-refractivity contribution in [2.45, 2.75) is 13.5 Å². The summed E-state index contributed by atoms with van der Waals surface area (Å²) in [5.41, 5.74) is 1.20. The Labute approximate surface area is 136 Å². The number of carbonyl (C=O) groups excluding carboxylic acids is 2. The molecular weight excluding hydrogens is 312 g/mol. The molecule has 0 aliphatic heterocycles. The molecule has 0 unspecified atom stereocenters. The summed E-state index contributed by atoms with van der Waals surface area (Å²) in [6, 6.07) is 10.1. The summed E-state index contributed by atoms with van der Waals surface area (Å²) < 4.78 is 10.4. The van der Waals surface area contributed by atoms with Crippen LogP contribution in [0.25, 0.3) is 11.5 Å². The molecule has 24 heavy (non-hydrogen) atoms. The maximum atomic E-state index is 11.8. The van der Waals surface area contributed by atoms with Gasteiger partial charge in [-0.2, -0.15) is 0 Å². The number of aryl methyl sites for hydroxylation is 1. The molecule has 8 heteroatoms. The quantitative estimate of drug-likeness (QED) is 0.708. The van der Waals surface area contributed by atoms with Crippen molar-refractivity contribution in [3.05, 3.63) is 54.3 Å². The molecule has 0 aliphatic carbocycles. The van der Waals surface area contributed by atoms with Crippen molar-refractivity contribution in [3.63, 3.8) is 0 Å². The van der Waals surface area contributed by atoms with Gasteiger partial charge in [0.2, 0.25) is 11.8 Å². The van der Waals surface area contributed by atoms with E-state index < -0.39 is 11.8 Å².